The predicted molar refractivity (Wildman–Crippen MR) is 65.6 cm³/mol. The monoisotopic (exact) mass is 241 g/mol. The molecule has 0 saturated heterocycles. The number of aromatic hydroxyl groups is 1. The summed E-state index contributed by atoms with van der Waals surface area (Å²) >= 11 is 0. The van der Waals surface area contributed by atoms with Gasteiger partial charge in [-0.2, -0.15) is 0 Å². The Morgan fingerprint density at radius 3 is 2.59 bits per heavy atom. The number of phenolic OH excluding ortho intramolecular Hbond substituents is 1. The van der Waals surface area contributed by atoms with E-state index >= 15 is 0 Å². The van der Waals surface area contributed by atoms with Crippen molar-refractivity contribution in [3.05, 3.63) is 29.6 Å². The van der Waals surface area contributed by atoms with Gasteiger partial charge in [0.1, 0.15) is 11.6 Å². The summed E-state index contributed by atoms with van der Waals surface area (Å²) in [5.41, 5.74) is 0.720. The van der Waals surface area contributed by atoms with E-state index in [1.165, 1.54) is 6.07 Å². The molecule has 17 heavy (non-hydrogen) atoms. The highest BCUT2D eigenvalue weighted by Crippen LogP contribution is 2.28. The van der Waals surface area contributed by atoms with Gasteiger partial charge in [-0.3, -0.25) is 4.90 Å². The summed E-state index contributed by atoms with van der Waals surface area (Å²) in [6.07, 6.45) is 0.116. The molecule has 2 unspecified atom stereocenters. The van der Waals surface area contributed by atoms with E-state index in [2.05, 4.69) is 4.90 Å². The van der Waals surface area contributed by atoms with Gasteiger partial charge in [-0.25, -0.2) is 4.39 Å². The molecular formula is C13H20FNO2. The Morgan fingerprint density at radius 1 is 1.41 bits per heavy atom. The quantitative estimate of drug-likeness (QED) is 0.860. The minimum absolute atomic E-state index is 0.00517. The van der Waals surface area contributed by atoms with Crippen LogP contribution in [0.2, 0.25) is 0 Å². The van der Waals surface area contributed by atoms with Crippen molar-refractivity contribution < 1.29 is 14.2 Å². The minimum atomic E-state index is -0.425. The Kier molecular flexibility index (Phi) is 4.90. The number of hydrogen-bond acceptors (Lipinski definition) is 3. The van der Waals surface area contributed by atoms with Crippen LogP contribution in [-0.4, -0.2) is 36.8 Å². The normalized spacial score (nSPS) is 14.9. The number of phenols is 1. The number of halogens is 1. The molecule has 0 aliphatic rings. The lowest BCUT2D eigenvalue weighted by Gasteiger charge is -2.27. The fraction of sp³-hybridized carbons (Fsp3) is 0.538. The Balaban J connectivity index is 2.77. The Bertz CT molecular complexity index is 370. The first kappa shape index (κ1) is 13.9. The van der Waals surface area contributed by atoms with Crippen LogP contribution >= 0.6 is 0 Å². The average Bonchev–Trinajstić information content (AvgIpc) is 2.28. The number of hydrogen-bond donors (Lipinski definition) is 1. The van der Waals surface area contributed by atoms with Gasteiger partial charge in [0.05, 0.1) is 6.10 Å². The van der Waals surface area contributed by atoms with Crippen LogP contribution in [0.15, 0.2) is 18.2 Å². The SMILES string of the molecule is COC(C)CN(C)C(C)c1ccc(F)cc1O. The zero-order valence-electron chi connectivity index (χ0n) is 10.8. The van der Waals surface area contributed by atoms with E-state index in [-0.39, 0.29) is 17.9 Å². The van der Waals surface area contributed by atoms with Crippen LogP contribution in [0, 0.1) is 5.82 Å². The van der Waals surface area contributed by atoms with E-state index in [0.717, 1.165) is 18.2 Å². The van der Waals surface area contributed by atoms with Gasteiger partial charge in [0.15, 0.2) is 0 Å². The van der Waals surface area contributed by atoms with Crippen molar-refractivity contribution in [1.82, 2.24) is 4.90 Å². The van der Waals surface area contributed by atoms with Crippen molar-refractivity contribution in [3.8, 4) is 5.75 Å². The lowest BCUT2D eigenvalue weighted by Crippen LogP contribution is -2.30. The minimum Gasteiger partial charge on any atom is -0.508 e. The summed E-state index contributed by atoms with van der Waals surface area (Å²) in [7, 11) is 3.61. The largest absolute Gasteiger partial charge is 0.508 e. The second kappa shape index (κ2) is 5.98. The Morgan fingerprint density at radius 2 is 2.06 bits per heavy atom. The van der Waals surface area contributed by atoms with Gasteiger partial charge < -0.3 is 9.84 Å². The van der Waals surface area contributed by atoms with Crippen molar-refractivity contribution >= 4 is 0 Å². The molecule has 2 atom stereocenters. The fourth-order valence-electron chi connectivity index (χ4n) is 1.75. The van der Waals surface area contributed by atoms with Crippen molar-refractivity contribution in [1.29, 1.82) is 0 Å². The molecule has 0 aliphatic heterocycles. The molecule has 96 valence electrons. The molecule has 0 amide bonds. The van der Waals surface area contributed by atoms with Gasteiger partial charge in [-0.15, -0.1) is 0 Å². The molecule has 0 bridgehead atoms. The Hall–Kier alpha value is -1.13. The van der Waals surface area contributed by atoms with Gasteiger partial charge >= 0.3 is 0 Å². The number of benzene rings is 1. The van der Waals surface area contributed by atoms with E-state index in [1.54, 1.807) is 13.2 Å². The van der Waals surface area contributed by atoms with Crippen LogP contribution in [0.1, 0.15) is 25.5 Å². The molecule has 0 radical (unpaired) electrons. The highest BCUT2D eigenvalue weighted by molar-refractivity contribution is 5.34. The van der Waals surface area contributed by atoms with Gasteiger partial charge in [0, 0.05) is 31.3 Å². The molecule has 0 aromatic heterocycles. The second-order valence-electron chi connectivity index (χ2n) is 4.37. The first-order valence-corrected chi connectivity index (χ1v) is 5.67. The first-order valence-electron chi connectivity index (χ1n) is 5.67. The van der Waals surface area contributed by atoms with E-state index in [0.29, 0.717) is 0 Å². The lowest BCUT2D eigenvalue weighted by molar-refractivity contribution is 0.0736. The van der Waals surface area contributed by atoms with Crippen molar-refractivity contribution in [3.63, 3.8) is 0 Å². The van der Waals surface area contributed by atoms with Crippen molar-refractivity contribution in [2.24, 2.45) is 0 Å². The molecule has 0 fully saturated rings. The van der Waals surface area contributed by atoms with Gasteiger partial charge in [-0.1, -0.05) is 6.07 Å². The molecule has 0 aliphatic carbocycles. The topological polar surface area (TPSA) is 32.7 Å². The fourth-order valence-corrected chi connectivity index (χ4v) is 1.75. The van der Waals surface area contributed by atoms with E-state index < -0.39 is 5.82 Å². The predicted octanol–water partition coefficient (Wildman–Crippen LogP) is 2.56. The molecule has 0 saturated carbocycles. The molecular weight excluding hydrogens is 221 g/mol. The maximum atomic E-state index is 12.9. The highest BCUT2D eigenvalue weighted by Gasteiger charge is 2.17. The third kappa shape index (κ3) is 3.68. The van der Waals surface area contributed by atoms with E-state index in [9.17, 15) is 9.50 Å². The maximum absolute atomic E-state index is 12.9. The molecule has 4 heteroatoms. The van der Waals surface area contributed by atoms with Crippen LogP contribution in [0.25, 0.3) is 0 Å². The summed E-state index contributed by atoms with van der Waals surface area (Å²) in [5, 5.41) is 9.70. The summed E-state index contributed by atoms with van der Waals surface area (Å²) in [6.45, 7) is 4.69. The molecule has 0 spiro atoms. The van der Waals surface area contributed by atoms with Gasteiger partial charge in [-0.05, 0) is 27.0 Å². The highest BCUT2D eigenvalue weighted by atomic mass is 19.1. The molecule has 1 rings (SSSR count). The summed E-state index contributed by atoms with van der Waals surface area (Å²) in [4.78, 5) is 2.06. The van der Waals surface area contributed by atoms with Crippen LogP contribution in [0.5, 0.6) is 5.75 Å². The molecule has 1 N–H and O–H groups in total. The second-order valence-corrected chi connectivity index (χ2v) is 4.37. The third-order valence-electron chi connectivity index (χ3n) is 3.05. The summed E-state index contributed by atoms with van der Waals surface area (Å²) < 4.78 is 18.1. The van der Waals surface area contributed by atoms with Crippen molar-refractivity contribution in [2.45, 2.75) is 26.0 Å². The maximum Gasteiger partial charge on any atom is 0.126 e. The van der Waals surface area contributed by atoms with Crippen LogP contribution < -0.4 is 0 Å². The van der Waals surface area contributed by atoms with Crippen LogP contribution in [0.4, 0.5) is 4.39 Å². The molecule has 3 nitrogen and oxygen atoms in total. The zero-order chi connectivity index (χ0) is 13.0. The number of methoxy groups -OCH3 is 1. The number of likely N-dealkylation sites (N-methyl/N-ethyl adjacent to an activating group) is 1. The van der Waals surface area contributed by atoms with Crippen molar-refractivity contribution in [2.75, 3.05) is 20.7 Å². The molecule has 1 aromatic rings. The van der Waals surface area contributed by atoms with Gasteiger partial charge in [0.2, 0.25) is 0 Å². The number of rotatable bonds is 5. The lowest BCUT2D eigenvalue weighted by atomic mass is 10.1. The third-order valence-corrected chi connectivity index (χ3v) is 3.05. The smallest absolute Gasteiger partial charge is 0.126 e. The first-order chi connectivity index (χ1) is 7.95. The Labute approximate surface area is 102 Å². The van der Waals surface area contributed by atoms with E-state index in [1.807, 2.05) is 20.9 Å². The molecule has 0 heterocycles. The van der Waals surface area contributed by atoms with Crippen LogP contribution in [-0.2, 0) is 4.74 Å². The number of ether oxygens (including phenoxy) is 1. The zero-order valence-corrected chi connectivity index (χ0v) is 10.8. The average molecular weight is 241 g/mol. The number of nitrogens with zero attached hydrogens (tertiary/aromatic N) is 1. The summed E-state index contributed by atoms with van der Waals surface area (Å²) in [5.74, 6) is -0.430. The van der Waals surface area contributed by atoms with E-state index in [4.69, 9.17) is 4.74 Å². The standard InChI is InChI=1S/C13H20FNO2/c1-9(17-4)8-15(3)10(2)12-6-5-11(14)7-13(12)16/h5-7,9-10,16H,8H2,1-4H3. The summed E-state index contributed by atoms with van der Waals surface area (Å²) in [6, 6.07) is 4.12. The molecule has 1 aromatic carbocycles. The van der Waals surface area contributed by atoms with Crippen LogP contribution in [0.3, 0.4) is 0 Å². The van der Waals surface area contributed by atoms with Gasteiger partial charge in [0.25, 0.3) is 0 Å².